The SMILES string of the molecule is C#CCCn1ccnc(Cl)c1=O. The van der Waals surface area contributed by atoms with Gasteiger partial charge in [0.25, 0.3) is 5.56 Å². The van der Waals surface area contributed by atoms with Crippen molar-refractivity contribution in [2.24, 2.45) is 0 Å². The molecule has 0 aliphatic carbocycles. The van der Waals surface area contributed by atoms with Crippen LogP contribution >= 0.6 is 11.6 Å². The molecule has 0 N–H and O–H groups in total. The number of nitrogens with zero attached hydrogens (tertiary/aromatic N) is 2. The Morgan fingerprint density at radius 2 is 2.50 bits per heavy atom. The molecule has 0 aromatic carbocycles. The number of rotatable bonds is 2. The van der Waals surface area contributed by atoms with Crippen LogP contribution in [0.4, 0.5) is 0 Å². The van der Waals surface area contributed by atoms with Gasteiger partial charge in [0.1, 0.15) is 0 Å². The molecule has 62 valence electrons. The normalized spacial score (nSPS) is 9.33. The van der Waals surface area contributed by atoms with Crippen molar-refractivity contribution in [1.82, 2.24) is 9.55 Å². The summed E-state index contributed by atoms with van der Waals surface area (Å²) in [6, 6.07) is 0. The lowest BCUT2D eigenvalue weighted by atomic mass is 10.4. The molecule has 0 aliphatic heterocycles. The molecule has 0 aliphatic rings. The molecule has 0 fully saturated rings. The van der Waals surface area contributed by atoms with E-state index < -0.39 is 0 Å². The van der Waals surface area contributed by atoms with E-state index in [4.69, 9.17) is 18.0 Å². The monoisotopic (exact) mass is 182 g/mol. The minimum atomic E-state index is -0.297. The zero-order chi connectivity index (χ0) is 8.97. The highest BCUT2D eigenvalue weighted by Gasteiger charge is 1.99. The van der Waals surface area contributed by atoms with Crippen molar-refractivity contribution < 1.29 is 0 Å². The quantitative estimate of drug-likeness (QED) is 0.638. The lowest BCUT2D eigenvalue weighted by molar-refractivity contribution is 0.682. The van der Waals surface area contributed by atoms with Gasteiger partial charge < -0.3 is 4.57 Å². The van der Waals surface area contributed by atoms with Crippen LogP contribution in [-0.2, 0) is 6.54 Å². The molecule has 0 atom stereocenters. The molecule has 0 bridgehead atoms. The standard InChI is InChI=1S/C8H7ClN2O/c1-2-3-5-11-6-4-10-7(9)8(11)12/h1,4,6H,3,5H2. The molecular formula is C8H7ClN2O. The van der Waals surface area contributed by atoms with Crippen molar-refractivity contribution in [1.29, 1.82) is 0 Å². The van der Waals surface area contributed by atoms with Crippen LogP contribution in [0.25, 0.3) is 0 Å². The molecule has 1 aromatic heterocycles. The van der Waals surface area contributed by atoms with Gasteiger partial charge in [-0.25, -0.2) is 4.98 Å². The van der Waals surface area contributed by atoms with Crippen LogP contribution in [0.3, 0.4) is 0 Å². The first-order valence-corrected chi connectivity index (χ1v) is 3.78. The van der Waals surface area contributed by atoms with Crippen LogP contribution in [0, 0.1) is 12.3 Å². The summed E-state index contributed by atoms with van der Waals surface area (Å²) in [5, 5.41) is -0.0190. The zero-order valence-corrected chi connectivity index (χ0v) is 7.08. The van der Waals surface area contributed by atoms with E-state index in [0.717, 1.165) is 0 Å². The second-order valence-electron chi connectivity index (χ2n) is 2.17. The molecule has 1 aromatic rings. The van der Waals surface area contributed by atoms with E-state index in [-0.39, 0.29) is 10.7 Å². The Labute approximate surface area is 75.0 Å². The molecule has 0 radical (unpaired) electrons. The highest BCUT2D eigenvalue weighted by Crippen LogP contribution is 1.93. The summed E-state index contributed by atoms with van der Waals surface area (Å²) < 4.78 is 1.44. The van der Waals surface area contributed by atoms with E-state index >= 15 is 0 Å². The number of halogens is 1. The maximum Gasteiger partial charge on any atom is 0.288 e. The summed E-state index contributed by atoms with van der Waals surface area (Å²) in [6.45, 7) is 0.484. The summed E-state index contributed by atoms with van der Waals surface area (Å²) in [5.41, 5.74) is -0.297. The third-order valence-corrected chi connectivity index (χ3v) is 1.63. The summed E-state index contributed by atoms with van der Waals surface area (Å²) in [7, 11) is 0. The smallest absolute Gasteiger partial charge is 0.288 e. The number of terminal acetylenes is 1. The molecule has 3 nitrogen and oxygen atoms in total. The molecular weight excluding hydrogens is 176 g/mol. The Morgan fingerprint density at radius 3 is 3.17 bits per heavy atom. The maximum atomic E-state index is 11.2. The average Bonchev–Trinajstić information content (AvgIpc) is 2.08. The van der Waals surface area contributed by atoms with E-state index in [1.807, 2.05) is 0 Å². The first kappa shape index (κ1) is 8.82. The lowest BCUT2D eigenvalue weighted by Crippen LogP contribution is -2.20. The maximum absolute atomic E-state index is 11.2. The summed E-state index contributed by atoms with van der Waals surface area (Å²) >= 11 is 5.50. The van der Waals surface area contributed by atoms with E-state index in [1.54, 1.807) is 6.20 Å². The van der Waals surface area contributed by atoms with Gasteiger partial charge in [-0.1, -0.05) is 11.6 Å². The van der Waals surface area contributed by atoms with Crippen molar-refractivity contribution in [2.75, 3.05) is 0 Å². The summed E-state index contributed by atoms with van der Waals surface area (Å²) in [5.74, 6) is 2.44. The van der Waals surface area contributed by atoms with Crippen LogP contribution in [0.1, 0.15) is 6.42 Å². The van der Waals surface area contributed by atoms with Gasteiger partial charge in [0, 0.05) is 25.4 Å². The number of aromatic nitrogens is 2. The molecule has 12 heavy (non-hydrogen) atoms. The first-order chi connectivity index (χ1) is 5.75. The minimum absolute atomic E-state index is 0.0190. The number of hydrogen-bond acceptors (Lipinski definition) is 2. The summed E-state index contributed by atoms with van der Waals surface area (Å²) in [4.78, 5) is 14.8. The molecule has 1 heterocycles. The predicted molar refractivity (Wildman–Crippen MR) is 47.0 cm³/mol. The van der Waals surface area contributed by atoms with Gasteiger partial charge >= 0.3 is 0 Å². The third kappa shape index (κ3) is 1.86. The molecule has 0 amide bonds. The second-order valence-corrected chi connectivity index (χ2v) is 2.53. The molecule has 0 saturated carbocycles. The molecule has 0 spiro atoms. The third-order valence-electron chi connectivity index (χ3n) is 1.37. The zero-order valence-electron chi connectivity index (χ0n) is 6.33. The number of aryl methyl sites for hydroxylation is 1. The fourth-order valence-electron chi connectivity index (χ4n) is 0.782. The Kier molecular flexibility index (Phi) is 2.89. The van der Waals surface area contributed by atoms with Gasteiger partial charge in [0.2, 0.25) is 0 Å². The van der Waals surface area contributed by atoms with Crippen LogP contribution in [0.15, 0.2) is 17.2 Å². The molecule has 0 unspecified atom stereocenters. The van der Waals surface area contributed by atoms with Crippen LogP contribution in [0.5, 0.6) is 0 Å². The highest BCUT2D eigenvalue weighted by atomic mass is 35.5. The fourth-order valence-corrected chi connectivity index (χ4v) is 0.947. The van der Waals surface area contributed by atoms with E-state index in [0.29, 0.717) is 13.0 Å². The first-order valence-electron chi connectivity index (χ1n) is 3.40. The van der Waals surface area contributed by atoms with Gasteiger partial charge in [-0.2, -0.15) is 0 Å². The Morgan fingerprint density at radius 1 is 1.75 bits per heavy atom. The van der Waals surface area contributed by atoms with Gasteiger partial charge in [-0.15, -0.1) is 12.3 Å². The Bertz CT molecular complexity index is 364. The van der Waals surface area contributed by atoms with E-state index in [9.17, 15) is 4.79 Å². The van der Waals surface area contributed by atoms with E-state index in [2.05, 4.69) is 10.9 Å². The fraction of sp³-hybridized carbons (Fsp3) is 0.250. The van der Waals surface area contributed by atoms with Gasteiger partial charge in [-0.05, 0) is 0 Å². The van der Waals surface area contributed by atoms with Crippen LogP contribution in [0.2, 0.25) is 5.15 Å². The van der Waals surface area contributed by atoms with Crippen LogP contribution in [-0.4, -0.2) is 9.55 Å². The largest absolute Gasteiger partial charge is 0.310 e. The van der Waals surface area contributed by atoms with Gasteiger partial charge in [-0.3, -0.25) is 4.79 Å². The van der Waals surface area contributed by atoms with Crippen molar-refractivity contribution in [3.05, 3.63) is 27.9 Å². The van der Waals surface area contributed by atoms with Crippen molar-refractivity contribution in [3.8, 4) is 12.3 Å². The molecule has 4 heteroatoms. The van der Waals surface area contributed by atoms with Crippen molar-refractivity contribution in [3.63, 3.8) is 0 Å². The molecule has 0 saturated heterocycles. The number of hydrogen-bond donors (Lipinski definition) is 0. The van der Waals surface area contributed by atoms with Crippen LogP contribution < -0.4 is 5.56 Å². The minimum Gasteiger partial charge on any atom is -0.310 e. The van der Waals surface area contributed by atoms with Gasteiger partial charge in [0.15, 0.2) is 5.15 Å². The lowest BCUT2D eigenvalue weighted by Gasteiger charge is -2.00. The average molecular weight is 183 g/mol. The summed E-state index contributed by atoms with van der Waals surface area (Å²) in [6.07, 6.45) is 8.60. The van der Waals surface area contributed by atoms with Crippen molar-refractivity contribution >= 4 is 11.6 Å². The Hall–Kier alpha value is -1.27. The predicted octanol–water partition coefficient (Wildman–Crippen LogP) is 0.920. The Balaban J connectivity index is 2.95. The second kappa shape index (κ2) is 3.93. The highest BCUT2D eigenvalue weighted by molar-refractivity contribution is 6.29. The molecule has 1 rings (SSSR count). The topological polar surface area (TPSA) is 34.9 Å². The van der Waals surface area contributed by atoms with E-state index in [1.165, 1.54) is 10.8 Å². The van der Waals surface area contributed by atoms with Crippen molar-refractivity contribution in [2.45, 2.75) is 13.0 Å². The van der Waals surface area contributed by atoms with Gasteiger partial charge in [0.05, 0.1) is 0 Å².